The van der Waals surface area contributed by atoms with Crippen molar-refractivity contribution in [1.29, 1.82) is 0 Å². The average Bonchev–Trinajstić information content (AvgIpc) is 3.02. The highest BCUT2D eigenvalue weighted by atomic mass is 15.2. The van der Waals surface area contributed by atoms with Crippen molar-refractivity contribution in [3.05, 3.63) is 152 Å². The molecule has 0 radical (unpaired) electrons. The van der Waals surface area contributed by atoms with Crippen molar-refractivity contribution < 1.29 is 0 Å². The number of aromatic nitrogens is 2. The van der Waals surface area contributed by atoms with Gasteiger partial charge >= 0.3 is 0 Å². The van der Waals surface area contributed by atoms with Crippen molar-refractivity contribution in [2.75, 3.05) is 4.90 Å². The lowest BCUT2D eigenvalue weighted by atomic mass is 9.86. The van der Waals surface area contributed by atoms with Crippen LogP contribution in [0.15, 0.2) is 152 Å². The van der Waals surface area contributed by atoms with Crippen molar-refractivity contribution in [2.45, 2.75) is 0 Å². The minimum absolute atomic E-state index is 0.823. The van der Waals surface area contributed by atoms with Gasteiger partial charge in [0.05, 0.1) is 5.69 Å². The van der Waals surface area contributed by atoms with E-state index in [1.165, 1.54) is 33.0 Å². The van der Waals surface area contributed by atoms with Gasteiger partial charge in [-0.15, -0.1) is 0 Å². The van der Waals surface area contributed by atoms with Gasteiger partial charge in [0, 0.05) is 23.2 Å². The molecule has 3 heteroatoms. The molecular formula is C36H25N3. The molecule has 0 fully saturated rings. The molecule has 0 saturated heterocycles. The summed E-state index contributed by atoms with van der Waals surface area (Å²) >= 11 is 0. The molecule has 0 spiro atoms. The van der Waals surface area contributed by atoms with Gasteiger partial charge in [-0.25, -0.2) is 9.97 Å². The Bertz CT molecular complexity index is 1800. The van der Waals surface area contributed by atoms with E-state index >= 15 is 0 Å². The van der Waals surface area contributed by atoms with Crippen LogP contribution in [0.3, 0.4) is 0 Å². The molecule has 184 valence electrons. The first-order valence-corrected chi connectivity index (χ1v) is 13.1. The van der Waals surface area contributed by atoms with E-state index in [9.17, 15) is 0 Å². The highest BCUT2D eigenvalue weighted by Gasteiger charge is 2.23. The van der Waals surface area contributed by atoms with E-state index < -0.39 is 0 Å². The lowest BCUT2D eigenvalue weighted by Gasteiger charge is -2.28. The topological polar surface area (TPSA) is 29.0 Å². The second-order valence-electron chi connectivity index (χ2n) is 9.44. The maximum atomic E-state index is 4.77. The Kier molecular flexibility index (Phi) is 5.80. The van der Waals surface area contributed by atoms with E-state index in [4.69, 9.17) is 9.97 Å². The maximum absolute atomic E-state index is 4.77. The Balaban J connectivity index is 1.62. The van der Waals surface area contributed by atoms with Crippen molar-refractivity contribution in [3.8, 4) is 22.3 Å². The summed E-state index contributed by atoms with van der Waals surface area (Å²) in [5.74, 6) is 1.65. The molecule has 0 aliphatic carbocycles. The van der Waals surface area contributed by atoms with E-state index in [1.807, 2.05) is 48.8 Å². The van der Waals surface area contributed by atoms with Crippen LogP contribution in [-0.4, -0.2) is 9.97 Å². The van der Waals surface area contributed by atoms with Crippen LogP contribution in [0.25, 0.3) is 43.8 Å². The van der Waals surface area contributed by atoms with Crippen molar-refractivity contribution in [3.63, 3.8) is 0 Å². The third-order valence-corrected chi connectivity index (χ3v) is 7.16. The molecular weight excluding hydrogens is 474 g/mol. The summed E-state index contributed by atoms with van der Waals surface area (Å²) in [6.07, 6.45) is 3.67. The first kappa shape index (κ1) is 22.9. The zero-order valence-electron chi connectivity index (χ0n) is 21.3. The Labute approximate surface area is 227 Å². The van der Waals surface area contributed by atoms with Crippen molar-refractivity contribution in [2.24, 2.45) is 0 Å². The highest BCUT2D eigenvalue weighted by Crippen LogP contribution is 2.48. The van der Waals surface area contributed by atoms with Crippen molar-refractivity contribution in [1.82, 2.24) is 9.97 Å². The summed E-state index contributed by atoms with van der Waals surface area (Å²) in [5.41, 5.74) is 5.93. The maximum Gasteiger partial charge on any atom is 0.138 e. The monoisotopic (exact) mass is 499 g/mol. The van der Waals surface area contributed by atoms with Gasteiger partial charge in [-0.1, -0.05) is 115 Å². The summed E-state index contributed by atoms with van der Waals surface area (Å²) in [6, 6.07) is 48.7. The van der Waals surface area contributed by atoms with Crippen molar-refractivity contribution >= 4 is 38.9 Å². The second-order valence-corrected chi connectivity index (χ2v) is 9.44. The average molecular weight is 500 g/mol. The number of fused-ring (bicyclic) bond motifs is 2. The number of hydrogen-bond donors (Lipinski definition) is 0. The van der Waals surface area contributed by atoms with Gasteiger partial charge in [0.2, 0.25) is 0 Å². The molecule has 7 aromatic rings. The van der Waals surface area contributed by atoms with Gasteiger partial charge in [-0.3, -0.25) is 4.90 Å². The molecule has 0 bridgehead atoms. The number of anilines is 3. The summed E-state index contributed by atoms with van der Waals surface area (Å²) in [4.78, 5) is 11.7. The standard InChI is InChI=1S/C36H25N3/c1-2-14-26(15-3-1)27-16-4-5-17-28(27)35-29-18-6-8-20-31(29)36(32-21-9-7-19-30(32)35)39(33-22-10-12-24-37-33)34-23-11-13-25-38-34/h1-25H. The molecule has 0 atom stereocenters. The van der Waals surface area contributed by atoms with Crippen LogP contribution >= 0.6 is 0 Å². The number of rotatable bonds is 5. The van der Waals surface area contributed by atoms with E-state index in [-0.39, 0.29) is 0 Å². The van der Waals surface area contributed by atoms with E-state index in [0.717, 1.165) is 28.1 Å². The first-order valence-electron chi connectivity index (χ1n) is 13.1. The zero-order valence-corrected chi connectivity index (χ0v) is 21.3. The molecule has 0 amide bonds. The fraction of sp³-hybridized carbons (Fsp3) is 0. The Morgan fingerprint density at radius 2 is 0.846 bits per heavy atom. The normalized spacial score (nSPS) is 11.1. The van der Waals surface area contributed by atoms with Gasteiger partial charge in [0.15, 0.2) is 0 Å². The van der Waals surface area contributed by atoms with Crippen LogP contribution in [0.2, 0.25) is 0 Å². The SMILES string of the molecule is c1ccc(-c2ccccc2-c2c3ccccc3c(N(c3ccccn3)c3ccccn3)c3ccccc23)cc1. The van der Waals surface area contributed by atoms with Gasteiger partial charge in [0.25, 0.3) is 0 Å². The fourth-order valence-electron chi connectivity index (χ4n) is 5.53. The summed E-state index contributed by atoms with van der Waals surface area (Å²) in [6.45, 7) is 0. The molecule has 0 saturated carbocycles. The fourth-order valence-corrected chi connectivity index (χ4v) is 5.53. The minimum Gasteiger partial charge on any atom is -0.278 e. The Morgan fingerprint density at radius 1 is 0.385 bits per heavy atom. The third kappa shape index (κ3) is 4.01. The Morgan fingerprint density at radius 3 is 1.38 bits per heavy atom. The zero-order chi connectivity index (χ0) is 26.0. The van der Waals surface area contributed by atoms with Crippen LogP contribution in [0.4, 0.5) is 17.3 Å². The number of benzene rings is 5. The van der Waals surface area contributed by atoms with Crippen LogP contribution in [0.1, 0.15) is 0 Å². The predicted octanol–water partition coefficient (Wildman–Crippen LogP) is 9.59. The lowest BCUT2D eigenvalue weighted by molar-refractivity contribution is 1.14. The highest BCUT2D eigenvalue weighted by molar-refractivity contribution is 6.23. The molecule has 39 heavy (non-hydrogen) atoms. The van der Waals surface area contributed by atoms with Crippen LogP contribution < -0.4 is 4.90 Å². The smallest absolute Gasteiger partial charge is 0.138 e. The molecule has 0 unspecified atom stereocenters. The van der Waals surface area contributed by atoms with Gasteiger partial charge in [-0.05, 0) is 57.3 Å². The largest absolute Gasteiger partial charge is 0.278 e. The molecule has 5 aromatic carbocycles. The lowest BCUT2D eigenvalue weighted by Crippen LogP contribution is -2.14. The Hall–Kier alpha value is -5.28. The van der Waals surface area contributed by atoms with E-state index in [0.29, 0.717) is 0 Å². The molecule has 2 aromatic heterocycles. The summed E-state index contributed by atoms with van der Waals surface area (Å²) in [5, 5.41) is 4.66. The van der Waals surface area contributed by atoms with Gasteiger partial charge in [-0.2, -0.15) is 0 Å². The number of hydrogen-bond acceptors (Lipinski definition) is 3. The number of pyridine rings is 2. The summed E-state index contributed by atoms with van der Waals surface area (Å²) < 4.78 is 0. The quantitative estimate of drug-likeness (QED) is 0.221. The van der Waals surface area contributed by atoms with Crippen LogP contribution in [0.5, 0.6) is 0 Å². The van der Waals surface area contributed by atoms with E-state index in [1.54, 1.807) is 0 Å². The molecule has 7 rings (SSSR count). The predicted molar refractivity (Wildman–Crippen MR) is 163 cm³/mol. The third-order valence-electron chi connectivity index (χ3n) is 7.16. The molecule has 2 heterocycles. The first-order chi connectivity index (χ1) is 19.4. The number of nitrogens with zero attached hydrogens (tertiary/aromatic N) is 3. The molecule has 0 aliphatic heterocycles. The van der Waals surface area contributed by atoms with Crippen LogP contribution in [0, 0.1) is 0 Å². The minimum atomic E-state index is 0.823. The molecule has 3 nitrogen and oxygen atoms in total. The summed E-state index contributed by atoms with van der Waals surface area (Å²) in [7, 11) is 0. The van der Waals surface area contributed by atoms with E-state index in [2.05, 4.69) is 108 Å². The van der Waals surface area contributed by atoms with Gasteiger partial charge in [0.1, 0.15) is 11.6 Å². The second kappa shape index (κ2) is 9.88. The van der Waals surface area contributed by atoms with Gasteiger partial charge < -0.3 is 0 Å². The van der Waals surface area contributed by atoms with Crippen LogP contribution in [-0.2, 0) is 0 Å². The molecule has 0 aliphatic rings. The molecule has 0 N–H and O–H groups in total.